The van der Waals surface area contributed by atoms with Crippen molar-refractivity contribution in [2.45, 2.75) is 58.9 Å². The Morgan fingerprint density at radius 1 is 1.35 bits per heavy atom. The van der Waals surface area contributed by atoms with Gasteiger partial charge in [0.15, 0.2) is 0 Å². The van der Waals surface area contributed by atoms with Gasteiger partial charge >= 0.3 is 0 Å². The Hall–Kier alpha value is -1.04. The number of rotatable bonds is 5. The van der Waals surface area contributed by atoms with Crippen LogP contribution >= 0.6 is 0 Å². The zero-order valence-corrected chi connectivity index (χ0v) is 11.3. The number of nitriles is 1. The summed E-state index contributed by atoms with van der Waals surface area (Å²) in [5.74, 6) is 0.131. The largest absolute Gasteiger partial charge is 0.339 e. The minimum Gasteiger partial charge on any atom is -0.339 e. The fraction of sp³-hybridized carbons (Fsp3) is 0.857. The van der Waals surface area contributed by atoms with Gasteiger partial charge in [0.05, 0.1) is 6.07 Å². The summed E-state index contributed by atoms with van der Waals surface area (Å²) < 4.78 is 0. The Kier molecular flexibility index (Phi) is 5.47. The van der Waals surface area contributed by atoms with Gasteiger partial charge in [-0.2, -0.15) is 5.26 Å². The maximum atomic E-state index is 12.2. The lowest BCUT2D eigenvalue weighted by Crippen LogP contribution is -2.42. The Balaban J connectivity index is 2.64. The van der Waals surface area contributed by atoms with Crippen molar-refractivity contribution in [3.05, 3.63) is 0 Å². The van der Waals surface area contributed by atoms with Crippen LogP contribution in [0.5, 0.6) is 0 Å². The maximum absolute atomic E-state index is 12.2. The summed E-state index contributed by atoms with van der Waals surface area (Å²) >= 11 is 0. The fourth-order valence-corrected chi connectivity index (χ4v) is 2.39. The van der Waals surface area contributed by atoms with Gasteiger partial charge in [0.2, 0.25) is 5.91 Å². The van der Waals surface area contributed by atoms with E-state index in [-0.39, 0.29) is 5.91 Å². The Bertz CT molecular complexity index is 287. The van der Waals surface area contributed by atoms with E-state index in [1.54, 1.807) is 6.92 Å². The molecule has 0 aliphatic heterocycles. The molecule has 3 nitrogen and oxygen atoms in total. The highest BCUT2D eigenvalue weighted by molar-refractivity contribution is 5.81. The monoisotopic (exact) mass is 236 g/mol. The first-order chi connectivity index (χ1) is 8.06. The van der Waals surface area contributed by atoms with Crippen LogP contribution in [0.2, 0.25) is 0 Å². The molecule has 0 spiro atoms. The van der Waals surface area contributed by atoms with Gasteiger partial charge in [-0.05, 0) is 32.1 Å². The van der Waals surface area contributed by atoms with Crippen molar-refractivity contribution in [1.29, 1.82) is 5.26 Å². The molecule has 1 atom stereocenters. The van der Waals surface area contributed by atoms with E-state index in [1.165, 1.54) is 12.8 Å². The van der Waals surface area contributed by atoms with E-state index in [1.807, 2.05) is 4.90 Å². The summed E-state index contributed by atoms with van der Waals surface area (Å²) in [5, 5.41) is 8.88. The number of hydrogen-bond acceptors (Lipinski definition) is 2. The van der Waals surface area contributed by atoms with Crippen LogP contribution in [-0.4, -0.2) is 23.4 Å². The molecule has 0 saturated heterocycles. The average molecular weight is 236 g/mol. The van der Waals surface area contributed by atoms with Crippen LogP contribution in [0.15, 0.2) is 0 Å². The van der Waals surface area contributed by atoms with Crippen molar-refractivity contribution in [3.8, 4) is 6.07 Å². The maximum Gasteiger partial charge on any atom is 0.239 e. The third-order valence-corrected chi connectivity index (χ3v) is 3.56. The van der Waals surface area contributed by atoms with Gasteiger partial charge in [-0.3, -0.25) is 4.79 Å². The first kappa shape index (κ1) is 14.0. The third kappa shape index (κ3) is 4.03. The Labute approximate surface area is 105 Å². The molecule has 1 fully saturated rings. The van der Waals surface area contributed by atoms with Crippen LogP contribution < -0.4 is 0 Å². The lowest BCUT2D eigenvalue weighted by Gasteiger charge is -2.30. The summed E-state index contributed by atoms with van der Waals surface area (Å²) in [6, 6.07) is 2.45. The highest BCUT2D eigenvalue weighted by Crippen LogP contribution is 2.25. The lowest BCUT2D eigenvalue weighted by molar-refractivity contribution is -0.135. The average Bonchev–Trinajstić information content (AvgIpc) is 2.81. The van der Waals surface area contributed by atoms with E-state index < -0.39 is 5.92 Å². The minimum atomic E-state index is -0.497. The van der Waals surface area contributed by atoms with Gasteiger partial charge in [-0.15, -0.1) is 0 Å². The van der Waals surface area contributed by atoms with Crippen LogP contribution in [0.25, 0.3) is 0 Å². The Morgan fingerprint density at radius 2 is 1.94 bits per heavy atom. The molecule has 0 aromatic heterocycles. The molecule has 96 valence electrons. The van der Waals surface area contributed by atoms with Crippen molar-refractivity contribution in [2.24, 2.45) is 11.8 Å². The highest BCUT2D eigenvalue weighted by Gasteiger charge is 2.29. The van der Waals surface area contributed by atoms with Gasteiger partial charge < -0.3 is 4.90 Å². The molecule has 0 N–H and O–H groups in total. The topological polar surface area (TPSA) is 44.1 Å². The van der Waals surface area contributed by atoms with Crippen molar-refractivity contribution < 1.29 is 4.79 Å². The number of hydrogen-bond donors (Lipinski definition) is 0. The molecular formula is C14H24N2O. The molecule has 1 aliphatic rings. The normalized spacial score (nSPS) is 18.1. The summed E-state index contributed by atoms with van der Waals surface area (Å²) in [6.45, 7) is 6.86. The molecule has 1 aliphatic carbocycles. The predicted octanol–water partition coefficient (Wildman–Crippen LogP) is 2.96. The molecule has 0 bridgehead atoms. The molecule has 1 unspecified atom stereocenters. The standard InChI is InChI=1S/C14H24N2O/c1-11(2)8-9-16(13-6-4-5-7-13)14(17)12(3)10-15/h11-13H,4-9H2,1-3H3. The Morgan fingerprint density at radius 3 is 2.41 bits per heavy atom. The zero-order valence-electron chi connectivity index (χ0n) is 11.3. The van der Waals surface area contributed by atoms with Crippen LogP contribution in [0, 0.1) is 23.2 Å². The van der Waals surface area contributed by atoms with E-state index >= 15 is 0 Å². The van der Waals surface area contributed by atoms with Gasteiger partial charge in [0.1, 0.15) is 5.92 Å². The second-order valence-corrected chi connectivity index (χ2v) is 5.50. The molecule has 17 heavy (non-hydrogen) atoms. The van der Waals surface area contributed by atoms with Crippen molar-refractivity contribution in [2.75, 3.05) is 6.54 Å². The third-order valence-electron chi connectivity index (χ3n) is 3.56. The van der Waals surface area contributed by atoms with Gasteiger partial charge in [0, 0.05) is 12.6 Å². The minimum absolute atomic E-state index is 0.0278. The van der Waals surface area contributed by atoms with Crippen molar-refractivity contribution >= 4 is 5.91 Å². The van der Waals surface area contributed by atoms with E-state index in [9.17, 15) is 4.79 Å². The van der Waals surface area contributed by atoms with Crippen molar-refractivity contribution in [3.63, 3.8) is 0 Å². The fourth-order valence-electron chi connectivity index (χ4n) is 2.39. The molecule has 0 aromatic rings. The second-order valence-electron chi connectivity index (χ2n) is 5.50. The van der Waals surface area contributed by atoms with Gasteiger partial charge in [-0.1, -0.05) is 26.7 Å². The molecule has 1 amide bonds. The number of carbonyl (C=O) groups excluding carboxylic acids is 1. The first-order valence-corrected chi connectivity index (χ1v) is 6.76. The first-order valence-electron chi connectivity index (χ1n) is 6.76. The molecule has 0 aromatic carbocycles. The van der Waals surface area contributed by atoms with Crippen LogP contribution in [-0.2, 0) is 4.79 Å². The predicted molar refractivity (Wildman–Crippen MR) is 68.2 cm³/mol. The summed E-state index contributed by atoms with van der Waals surface area (Å²) in [4.78, 5) is 14.2. The zero-order chi connectivity index (χ0) is 12.8. The number of amides is 1. The molecule has 0 radical (unpaired) electrons. The van der Waals surface area contributed by atoms with E-state index in [0.717, 1.165) is 25.8 Å². The quantitative estimate of drug-likeness (QED) is 0.736. The molecule has 1 saturated carbocycles. The highest BCUT2D eigenvalue weighted by atomic mass is 16.2. The van der Waals surface area contributed by atoms with Gasteiger partial charge in [-0.25, -0.2) is 0 Å². The van der Waals surface area contributed by atoms with Crippen molar-refractivity contribution in [1.82, 2.24) is 4.90 Å². The van der Waals surface area contributed by atoms with Crippen LogP contribution in [0.4, 0.5) is 0 Å². The molecule has 0 heterocycles. The number of nitrogens with zero attached hydrogens (tertiary/aromatic N) is 2. The smallest absolute Gasteiger partial charge is 0.239 e. The second kappa shape index (κ2) is 6.64. The number of carbonyl (C=O) groups is 1. The summed E-state index contributed by atoms with van der Waals surface area (Å²) in [7, 11) is 0. The molecular weight excluding hydrogens is 212 g/mol. The van der Waals surface area contributed by atoms with Crippen LogP contribution in [0.3, 0.4) is 0 Å². The van der Waals surface area contributed by atoms with Crippen LogP contribution in [0.1, 0.15) is 52.9 Å². The summed E-state index contributed by atoms with van der Waals surface area (Å²) in [6.07, 6.45) is 5.69. The van der Waals surface area contributed by atoms with E-state index in [2.05, 4.69) is 19.9 Å². The van der Waals surface area contributed by atoms with E-state index in [4.69, 9.17) is 5.26 Å². The lowest BCUT2D eigenvalue weighted by atomic mass is 10.1. The molecule has 3 heteroatoms. The van der Waals surface area contributed by atoms with E-state index in [0.29, 0.717) is 12.0 Å². The van der Waals surface area contributed by atoms with Gasteiger partial charge in [0.25, 0.3) is 0 Å². The SMILES string of the molecule is CC(C)CCN(C(=O)C(C)C#N)C1CCCC1. The summed E-state index contributed by atoms with van der Waals surface area (Å²) in [5.41, 5.74) is 0. The molecule has 1 rings (SSSR count).